The Bertz CT molecular complexity index is 190. The maximum atomic E-state index is 10.1. The number of hydrogen-bond donors (Lipinski definition) is 4. The third-order valence-electron chi connectivity index (χ3n) is 0.984. The average Bonchev–Trinajstić information content (AvgIpc) is 2.05. The van der Waals surface area contributed by atoms with E-state index in [9.17, 15) is 4.79 Å². The van der Waals surface area contributed by atoms with Gasteiger partial charge in [0.25, 0.3) is 0 Å². The largest absolute Gasteiger partial charge is 0.480 e. The van der Waals surface area contributed by atoms with Gasteiger partial charge in [0.15, 0.2) is 5.82 Å². The minimum atomic E-state index is -0.985. The first-order valence-electron chi connectivity index (χ1n) is 3.47. The van der Waals surface area contributed by atoms with Crippen molar-refractivity contribution in [2.75, 3.05) is 13.1 Å². The quantitative estimate of drug-likeness (QED) is 0.427. The second kappa shape index (κ2) is 6.14. The van der Waals surface area contributed by atoms with Gasteiger partial charge in [-0.05, 0) is 6.92 Å². The van der Waals surface area contributed by atoms with Gasteiger partial charge in [0.2, 0.25) is 0 Å². The topological polar surface area (TPSA) is 97.6 Å². The Morgan fingerprint density at radius 2 is 2.42 bits per heavy atom. The predicted molar refractivity (Wildman–Crippen MR) is 42.5 cm³/mol. The zero-order valence-corrected chi connectivity index (χ0v) is 6.79. The van der Waals surface area contributed by atoms with Gasteiger partial charge in [-0.3, -0.25) is 4.79 Å². The molecule has 0 spiro atoms. The molecule has 0 aliphatic rings. The van der Waals surface area contributed by atoms with Crippen LogP contribution in [0.25, 0.3) is 0 Å². The summed E-state index contributed by atoms with van der Waals surface area (Å²) in [6, 6.07) is 0. The molecule has 0 amide bonds. The van der Waals surface area contributed by atoms with Crippen molar-refractivity contribution >= 4 is 5.97 Å². The smallest absolute Gasteiger partial charge is 0.322 e. The number of nitrogens with one attached hydrogen (secondary N) is 3. The first-order valence-corrected chi connectivity index (χ1v) is 3.47. The molecule has 0 atom stereocenters. The van der Waals surface area contributed by atoms with E-state index in [1.54, 1.807) is 0 Å². The first kappa shape index (κ1) is 10.4. The summed E-state index contributed by atoms with van der Waals surface area (Å²) < 4.78 is 0. The fourth-order valence-corrected chi connectivity index (χ4v) is 0.488. The van der Waals surface area contributed by atoms with E-state index in [4.69, 9.17) is 10.6 Å². The van der Waals surface area contributed by atoms with Crippen LogP contribution in [0, 0.1) is 5.53 Å². The van der Waals surface area contributed by atoms with E-state index in [2.05, 4.69) is 15.7 Å². The van der Waals surface area contributed by atoms with Crippen molar-refractivity contribution in [3.63, 3.8) is 0 Å². The Labute approximate surface area is 70.2 Å². The summed E-state index contributed by atoms with van der Waals surface area (Å²) >= 11 is 0. The van der Waals surface area contributed by atoms with Crippen LogP contribution >= 0.6 is 0 Å². The summed E-state index contributed by atoms with van der Waals surface area (Å²) in [5.41, 5.74) is 6.64. The highest BCUT2D eigenvalue weighted by Gasteiger charge is 1.97. The van der Waals surface area contributed by atoms with E-state index in [1.807, 2.05) is 6.92 Å². The van der Waals surface area contributed by atoms with E-state index < -0.39 is 5.97 Å². The molecule has 0 heterocycles. The van der Waals surface area contributed by atoms with Crippen LogP contribution in [-0.2, 0) is 4.79 Å². The van der Waals surface area contributed by atoms with E-state index in [0.717, 1.165) is 0 Å². The van der Waals surface area contributed by atoms with Gasteiger partial charge < -0.3 is 15.7 Å². The van der Waals surface area contributed by atoms with Crippen molar-refractivity contribution in [3.05, 3.63) is 12.0 Å². The molecule has 0 saturated heterocycles. The number of carbonyl (C=O) groups is 1. The molecule has 0 rings (SSSR count). The molecule has 0 fully saturated rings. The third kappa shape index (κ3) is 5.21. The molecule has 0 aromatic heterocycles. The normalized spacial score (nSPS) is 10.6. The minimum Gasteiger partial charge on any atom is -0.480 e. The van der Waals surface area contributed by atoms with Crippen LogP contribution in [0.5, 0.6) is 0 Å². The van der Waals surface area contributed by atoms with Crippen molar-refractivity contribution in [2.24, 2.45) is 5.11 Å². The van der Waals surface area contributed by atoms with Gasteiger partial charge in [-0.2, -0.15) is 0 Å². The minimum absolute atomic E-state index is 0.208. The van der Waals surface area contributed by atoms with Gasteiger partial charge in [-0.15, -0.1) is 5.11 Å². The molecule has 0 aliphatic heterocycles. The number of nitrogens with zero attached hydrogens (tertiary/aromatic N) is 1. The molecule has 0 aromatic rings. The fourth-order valence-electron chi connectivity index (χ4n) is 0.488. The lowest BCUT2D eigenvalue weighted by atomic mass is 10.6. The molecule has 0 radical (unpaired) electrons. The predicted octanol–water partition coefficient (Wildman–Crippen LogP) is 0.1000. The fraction of sp³-hybridized carbons (Fsp3) is 0.500. The van der Waals surface area contributed by atoms with Crippen LogP contribution in [-0.4, -0.2) is 24.2 Å². The first-order chi connectivity index (χ1) is 5.70. The summed E-state index contributed by atoms with van der Waals surface area (Å²) in [4.78, 5) is 10.1. The van der Waals surface area contributed by atoms with Crippen molar-refractivity contribution in [1.29, 1.82) is 5.53 Å². The number of rotatable bonds is 6. The molecule has 12 heavy (non-hydrogen) atoms. The maximum absolute atomic E-state index is 10.1. The molecule has 4 N–H and O–H groups in total. The Morgan fingerprint density at radius 3 is 2.83 bits per heavy atom. The van der Waals surface area contributed by atoms with Gasteiger partial charge in [-0.1, -0.05) is 0 Å². The molecule has 0 unspecified atom stereocenters. The molecule has 0 aromatic carbocycles. The van der Waals surface area contributed by atoms with Crippen molar-refractivity contribution in [3.8, 4) is 0 Å². The van der Waals surface area contributed by atoms with Gasteiger partial charge in [0.1, 0.15) is 6.54 Å². The second-order valence-corrected chi connectivity index (χ2v) is 1.95. The van der Waals surface area contributed by atoms with E-state index in [-0.39, 0.29) is 12.4 Å². The van der Waals surface area contributed by atoms with Crippen LogP contribution < -0.4 is 10.6 Å². The number of aliphatic carboxylic acids is 1. The van der Waals surface area contributed by atoms with Crippen LogP contribution in [0.4, 0.5) is 0 Å². The van der Waals surface area contributed by atoms with Crippen LogP contribution in [0.3, 0.4) is 0 Å². The lowest BCUT2D eigenvalue weighted by Crippen LogP contribution is -2.22. The zero-order valence-electron chi connectivity index (χ0n) is 6.79. The second-order valence-electron chi connectivity index (χ2n) is 1.95. The Morgan fingerprint density at radius 1 is 1.75 bits per heavy atom. The van der Waals surface area contributed by atoms with Gasteiger partial charge in [0, 0.05) is 12.7 Å². The van der Waals surface area contributed by atoms with Crippen LogP contribution in [0.2, 0.25) is 0 Å². The monoisotopic (exact) mass is 172 g/mol. The number of carboxylic acid groups (broad SMARTS) is 1. The lowest BCUT2D eigenvalue weighted by Gasteiger charge is -2.01. The molecular weight excluding hydrogens is 160 g/mol. The van der Waals surface area contributed by atoms with Crippen molar-refractivity contribution < 1.29 is 9.90 Å². The van der Waals surface area contributed by atoms with Crippen molar-refractivity contribution in [2.45, 2.75) is 6.92 Å². The van der Waals surface area contributed by atoms with Crippen LogP contribution in [0.1, 0.15) is 6.92 Å². The van der Waals surface area contributed by atoms with E-state index in [0.29, 0.717) is 6.54 Å². The lowest BCUT2D eigenvalue weighted by molar-refractivity contribution is -0.135. The number of carboxylic acids is 1. The van der Waals surface area contributed by atoms with Gasteiger partial charge in [0.05, 0.1) is 0 Å². The highest BCUT2D eigenvalue weighted by Crippen LogP contribution is 1.86. The summed E-state index contributed by atoms with van der Waals surface area (Å²) in [6.45, 7) is 2.35. The molecule has 68 valence electrons. The molecule has 0 saturated carbocycles. The van der Waals surface area contributed by atoms with E-state index in [1.165, 1.54) is 6.20 Å². The SMILES string of the molecule is CCN/C=C(\N=N)NCC(=O)O. The van der Waals surface area contributed by atoms with Gasteiger partial charge >= 0.3 is 5.97 Å². The molecule has 6 heteroatoms. The standard InChI is InChI=1S/C6H12N4O2/c1-2-8-3-5(10-7)9-4-6(11)12/h3,7-9H,2,4H2,1H3,(H,11,12)/b5-3-,10-7?. The van der Waals surface area contributed by atoms with Crippen molar-refractivity contribution in [1.82, 2.24) is 10.6 Å². The zero-order chi connectivity index (χ0) is 9.40. The highest BCUT2D eigenvalue weighted by atomic mass is 16.4. The summed E-state index contributed by atoms with van der Waals surface area (Å²) in [6.07, 6.45) is 1.45. The summed E-state index contributed by atoms with van der Waals surface area (Å²) in [7, 11) is 0. The third-order valence-corrected chi connectivity index (χ3v) is 0.984. The van der Waals surface area contributed by atoms with Gasteiger partial charge in [-0.25, -0.2) is 5.53 Å². The number of hydrogen-bond acceptors (Lipinski definition) is 5. The molecule has 6 nitrogen and oxygen atoms in total. The maximum Gasteiger partial charge on any atom is 0.322 e. The summed E-state index contributed by atoms with van der Waals surface area (Å²) in [5.74, 6) is -0.778. The van der Waals surface area contributed by atoms with E-state index >= 15 is 0 Å². The molecule has 0 bridgehead atoms. The Kier molecular flexibility index (Phi) is 5.33. The Balaban J connectivity index is 3.82. The molecule has 0 aliphatic carbocycles. The highest BCUT2D eigenvalue weighted by molar-refractivity contribution is 5.69. The molecular formula is C6H12N4O2. The summed E-state index contributed by atoms with van der Waals surface area (Å²) in [5, 5.41) is 16.6. The average molecular weight is 172 g/mol. The Hall–Kier alpha value is -1.59. The van der Waals surface area contributed by atoms with Crippen LogP contribution in [0.15, 0.2) is 17.1 Å².